The van der Waals surface area contributed by atoms with E-state index in [-0.39, 0.29) is 23.5 Å². The van der Waals surface area contributed by atoms with Crippen molar-refractivity contribution >= 4 is 15.7 Å². The van der Waals surface area contributed by atoms with Crippen LogP contribution < -0.4 is 0 Å². The highest BCUT2D eigenvalue weighted by atomic mass is 32.2. The van der Waals surface area contributed by atoms with Crippen LogP contribution in [0.2, 0.25) is 0 Å². The summed E-state index contributed by atoms with van der Waals surface area (Å²) in [5, 5.41) is 0. The summed E-state index contributed by atoms with van der Waals surface area (Å²) in [4.78, 5) is 16.9. The van der Waals surface area contributed by atoms with Gasteiger partial charge in [-0.3, -0.25) is 4.79 Å². The third-order valence-electron chi connectivity index (χ3n) is 5.39. The first-order chi connectivity index (χ1) is 13.8. The highest BCUT2D eigenvalue weighted by molar-refractivity contribution is 7.91. The van der Waals surface area contributed by atoms with Crippen molar-refractivity contribution in [2.24, 2.45) is 0 Å². The summed E-state index contributed by atoms with van der Waals surface area (Å²) in [6.45, 7) is 1.47. The second kappa shape index (κ2) is 9.55. The van der Waals surface area contributed by atoms with E-state index in [4.69, 9.17) is 0 Å². The van der Waals surface area contributed by atoms with Gasteiger partial charge in [0.2, 0.25) is 5.91 Å². The van der Waals surface area contributed by atoms with Crippen LogP contribution in [0.1, 0.15) is 18.4 Å². The van der Waals surface area contributed by atoms with E-state index in [0.717, 1.165) is 29.7 Å². The fraction of sp³-hybridized carbons (Fsp3) is 0.435. The molecule has 1 heterocycles. The standard InChI is InChI=1S/C23H30N2O3S/c1-24(2)14-6-15-25(22-13-16-29(27,28)18-22)23(26)17-19-9-11-21(12-10-19)20-7-4-3-5-8-20/h3-5,7-12,22H,6,13-18H2,1-2H3. The molecule has 0 aliphatic carbocycles. The van der Waals surface area contributed by atoms with E-state index in [2.05, 4.69) is 17.0 Å². The second-order valence-electron chi connectivity index (χ2n) is 8.04. The molecule has 0 radical (unpaired) electrons. The molecule has 1 amide bonds. The highest BCUT2D eigenvalue weighted by Crippen LogP contribution is 2.22. The summed E-state index contributed by atoms with van der Waals surface area (Å²) in [5.74, 6) is 0.285. The minimum atomic E-state index is -3.03. The third kappa shape index (κ3) is 6.15. The van der Waals surface area contributed by atoms with Crippen LogP contribution in [0.5, 0.6) is 0 Å². The van der Waals surface area contributed by atoms with Gasteiger partial charge in [-0.05, 0) is 50.2 Å². The predicted octanol–water partition coefficient (Wildman–Crippen LogP) is 2.86. The van der Waals surface area contributed by atoms with Crippen LogP contribution in [-0.2, 0) is 21.1 Å². The van der Waals surface area contributed by atoms with Gasteiger partial charge in [0, 0.05) is 12.6 Å². The number of sulfone groups is 1. The third-order valence-corrected chi connectivity index (χ3v) is 7.14. The molecule has 1 saturated heterocycles. The Morgan fingerprint density at radius 2 is 1.62 bits per heavy atom. The summed E-state index contributed by atoms with van der Waals surface area (Å²) in [7, 11) is 0.972. The van der Waals surface area contributed by atoms with Gasteiger partial charge in [-0.1, -0.05) is 54.6 Å². The van der Waals surface area contributed by atoms with Crippen LogP contribution in [-0.4, -0.2) is 68.9 Å². The van der Waals surface area contributed by atoms with Crippen molar-refractivity contribution in [2.45, 2.75) is 25.3 Å². The Balaban J connectivity index is 1.68. The summed E-state index contributed by atoms with van der Waals surface area (Å²) < 4.78 is 23.9. The smallest absolute Gasteiger partial charge is 0.227 e. The Hall–Kier alpha value is -2.18. The largest absolute Gasteiger partial charge is 0.338 e. The van der Waals surface area contributed by atoms with E-state index >= 15 is 0 Å². The second-order valence-corrected chi connectivity index (χ2v) is 10.3. The Morgan fingerprint density at radius 3 is 2.21 bits per heavy atom. The molecule has 1 unspecified atom stereocenters. The van der Waals surface area contributed by atoms with Gasteiger partial charge >= 0.3 is 0 Å². The molecule has 0 N–H and O–H groups in total. The number of nitrogens with zero attached hydrogens (tertiary/aromatic N) is 2. The van der Waals surface area contributed by atoms with E-state index in [1.54, 1.807) is 4.90 Å². The molecule has 2 aromatic rings. The molecule has 3 rings (SSSR count). The van der Waals surface area contributed by atoms with Gasteiger partial charge in [0.05, 0.1) is 17.9 Å². The highest BCUT2D eigenvalue weighted by Gasteiger charge is 2.34. The van der Waals surface area contributed by atoms with Gasteiger partial charge in [0.15, 0.2) is 9.84 Å². The lowest BCUT2D eigenvalue weighted by molar-refractivity contribution is -0.132. The topological polar surface area (TPSA) is 57.7 Å². The van der Waals surface area contributed by atoms with E-state index in [0.29, 0.717) is 19.4 Å². The normalized spacial score (nSPS) is 18.1. The molecule has 156 valence electrons. The molecule has 0 saturated carbocycles. The lowest BCUT2D eigenvalue weighted by Gasteiger charge is -2.29. The van der Waals surface area contributed by atoms with Crippen molar-refractivity contribution in [3.8, 4) is 11.1 Å². The average molecular weight is 415 g/mol. The van der Waals surface area contributed by atoms with Gasteiger partial charge in [-0.25, -0.2) is 8.42 Å². The predicted molar refractivity (Wildman–Crippen MR) is 118 cm³/mol. The van der Waals surface area contributed by atoms with Crippen molar-refractivity contribution in [3.63, 3.8) is 0 Å². The Labute approximate surface area is 174 Å². The quantitative estimate of drug-likeness (QED) is 0.667. The molecule has 29 heavy (non-hydrogen) atoms. The van der Waals surface area contributed by atoms with Crippen molar-refractivity contribution in [3.05, 3.63) is 60.2 Å². The van der Waals surface area contributed by atoms with E-state index in [9.17, 15) is 13.2 Å². The molecule has 1 atom stereocenters. The fourth-order valence-corrected chi connectivity index (χ4v) is 5.54. The molecule has 1 aliphatic heterocycles. The lowest BCUT2D eigenvalue weighted by Crippen LogP contribution is -2.43. The number of rotatable bonds is 8. The van der Waals surface area contributed by atoms with E-state index in [1.165, 1.54) is 0 Å². The number of hydrogen-bond donors (Lipinski definition) is 0. The number of benzene rings is 2. The fourth-order valence-electron chi connectivity index (χ4n) is 3.81. The van der Waals surface area contributed by atoms with Crippen LogP contribution in [0, 0.1) is 0 Å². The van der Waals surface area contributed by atoms with Crippen LogP contribution >= 0.6 is 0 Å². The Bertz CT molecular complexity index is 909. The number of hydrogen-bond acceptors (Lipinski definition) is 4. The lowest BCUT2D eigenvalue weighted by atomic mass is 10.0. The van der Waals surface area contributed by atoms with Crippen LogP contribution in [0.15, 0.2) is 54.6 Å². The van der Waals surface area contributed by atoms with Crippen molar-refractivity contribution < 1.29 is 13.2 Å². The first-order valence-corrected chi connectivity index (χ1v) is 12.0. The maximum absolute atomic E-state index is 13.1. The minimum Gasteiger partial charge on any atom is -0.338 e. The maximum Gasteiger partial charge on any atom is 0.227 e. The Kier molecular flexibility index (Phi) is 7.09. The average Bonchev–Trinajstić information content (AvgIpc) is 3.05. The minimum absolute atomic E-state index is 0.0123. The Morgan fingerprint density at radius 1 is 0.966 bits per heavy atom. The van der Waals surface area contributed by atoms with Crippen molar-refractivity contribution in [1.82, 2.24) is 9.80 Å². The van der Waals surface area contributed by atoms with E-state index < -0.39 is 9.84 Å². The monoisotopic (exact) mass is 414 g/mol. The van der Waals surface area contributed by atoms with Crippen LogP contribution in [0.3, 0.4) is 0 Å². The first-order valence-electron chi connectivity index (χ1n) is 10.1. The zero-order valence-corrected chi connectivity index (χ0v) is 18.1. The van der Waals surface area contributed by atoms with Gasteiger partial charge in [-0.15, -0.1) is 0 Å². The number of carbonyl (C=O) groups is 1. The summed E-state index contributed by atoms with van der Waals surface area (Å²) >= 11 is 0. The van der Waals surface area contributed by atoms with Gasteiger partial charge in [0.1, 0.15) is 0 Å². The molecule has 0 bridgehead atoms. The van der Waals surface area contributed by atoms with Crippen LogP contribution in [0.4, 0.5) is 0 Å². The summed E-state index contributed by atoms with van der Waals surface area (Å²) in [5.41, 5.74) is 3.21. The molecular formula is C23H30N2O3S. The van der Waals surface area contributed by atoms with E-state index in [1.807, 2.05) is 56.6 Å². The molecule has 6 heteroatoms. The summed E-state index contributed by atoms with van der Waals surface area (Å²) in [6, 6.07) is 18.0. The molecule has 0 spiro atoms. The van der Waals surface area contributed by atoms with Gasteiger partial charge < -0.3 is 9.80 Å². The molecular weight excluding hydrogens is 384 g/mol. The number of carbonyl (C=O) groups excluding carboxylic acids is 1. The van der Waals surface area contributed by atoms with Gasteiger partial charge in [-0.2, -0.15) is 0 Å². The maximum atomic E-state index is 13.1. The SMILES string of the molecule is CN(C)CCCN(C(=O)Cc1ccc(-c2ccccc2)cc1)C1CCS(=O)(=O)C1. The molecule has 1 aliphatic rings. The van der Waals surface area contributed by atoms with Crippen molar-refractivity contribution in [2.75, 3.05) is 38.7 Å². The molecule has 0 aromatic heterocycles. The zero-order chi connectivity index (χ0) is 20.9. The first kappa shape index (κ1) is 21.5. The van der Waals surface area contributed by atoms with Gasteiger partial charge in [0.25, 0.3) is 0 Å². The molecule has 5 nitrogen and oxygen atoms in total. The molecule has 1 fully saturated rings. The van der Waals surface area contributed by atoms with Crippen LogP contribution in [0.25, 0.3) is 11.1 Å². The molecule has 2 aromatic carbocycles. The zero-order valence-electron chi connectivity index (χ0n) is 17.3. The summed E-state index contributed by atoms with van der Waals surface area (Å²) in [6.07, 6.45) is 1.68. The van der Waals surface area contributed by atoms with Crippen molar-refractivity contribution in [1.29, 1.82) is 0 Å². The number of amides is 1.